The van der Waals surface area contributed by atoms with Crippen molar-refractivity contribution in [2.45, 2.75) is 12.5 Å². The number of carbonyl (C=O) groups is 1. The molecule has 0 bridgehead atoms. The summed E-state index contributed by atoms with van der Waals surface area (Å²) in [6.45, 7) is 0.644. The molecule has 0 saturated carbocycles. The maximum atomic E-state index is 11.0. The number of benzene rings is 1. The minimum Gasteiger partial charge on any atom is -0.368 e. The molecule has 1 amide bonds. The molecule has 1 unspecified atom stereocenters. The van der Waals surface area contributed by atoms with Crippen LogP contribution in [0.4, 0.5) is 0 Å². The molecular formula is C13H12N4O. The lowest BCUT2D eigenvalue weighted by Gasteiger charge is -2.02. The smallest absolute Gasteiger partial charge is 0.241 e. The summed E-state index contributed by atoms with van der Waals surface area (Å²) in [6.07, 6.45) is 3.27. The normalized spacial score (nSPS) is 11.7. The summed E-state index contributed by atoms with van der Waals surface area (Å²) in [5.74, 6) is -1.66. The quantitative estimate of drug-likeness (QED) is 0.865. The number of nitrogens with zero attached hydrogens (tertiary/aromatic N) is 3. The van der Waals surface area contributed by atoms with E-state index in [4.69, 9.17) is 11.0 Å². The Balaban J connectivity index is 2.16. The number of amides is 1. The highest BCUT2D eigenvalue weighted by atomic mass is 16.1. The molecule has 2 aromatic rings. The maximum Gasteiger partial charge on any atom is 0.241 e. The van der Waals surface area contributed by atoms with Crippen LogP contribution in [0, 0.1) is 11.3 Å². The molecule has 5 heteroatoms. The Morgan fingerprint density at radius 1 is 1.44 bits per heavy atom. The topological polar surface area (TPSA) is 84.7 Å². The summed E-state index contributed by atoms with van der Waals surface area (Å²) in [7, 11) is 0. The van der Waals surface area contributed by atoms with Gasteiger partial charge in [-0.1, -0.05) is 30.3 Å². The second-order valence-corrected chi connectivity index (χ2v) is 3.92. The number of rotatable bonds is 4. The number of hydrogen-bond acceptors (Lipinski definition) is 3. The molecule has 90 valence electrons. The van der Waals surface area contributed by atoms with E-state index in [9.17, 15) is 4.79 Å². The van der Waals surface area contributed by atoms with Gasteiger partial charge in [-0.3, -0.25) is 4.79 Å². The highest BCUT2D eigenvalue weighted by Crippen LogP contribution is 2.12. The van der Waals surface area contributed by atoms with Gasteiger partial charge in [0.1, 0.15) is 0 Å². The molecule has 18 heavy (non-hydrogen) atoms. The first-order valence-corrected chi connectivity index (χ1v) is 5.45. The van der Waals surface area contributed by atoms with Crippen molar-refractivity contribution in [2.75, 3.05) is 0 Å². The zero-order valence-corrected chi connectivity index (χ0v) is 9.65. The maximum absolute atomic E-state index is 11.0. The van der Waals surface area contributed by atoms with Crippen LogP contribution in [-0.4, -0.2) is 15.5 Å². The van der Waals surface area contributed by atoms with Crippen LogP contribution in [0.5, 0.6) is 0 Å². The highest BCUT2D eigenvalue weighted by Gasteiger charge is 2.19. The van der Waals surface area contributed by atoms with Gasteiger partial charge in [0.15, 0.2) is 5.92 Å². The number of nitriles is 1. The van der Waals surface area contributed by atoms with Gasteiger partial charge in [0.2, 0.25) is 5.91 Å². The largest absolute Gasteiger partial charge is 0.368 e. The van der Waals surface area contributed by atoms with E-state index < -0.39 is 11.8 Å². The van der Waals surface area contributed by atoms with E-state index in [2.05, 4.69) is 4.98 Å². The molecule has 1 aromatic carbocycles. The second kappa shape index (κ2) is 5.15. The number of nitrogens with two attached hydrogens (primary N) is 1. The van der Waals surface area contributed by atoms with E-state index in [0.29, 0.717) is 12.2 Å². The van der Waals surface area contributed by atoms with Crippen molar-refractivity contribution in [3.63, 3.8) is 0 Å². The average molecular weight is 240 g/mol. The van der Waals surface area contributed by atoms with Gasteiger partial charge in [0.25, 0.3) is 0 Å². The molecule has 0 aliphatic carbocycles. The Hall–Kier alpha value is -2.61. The SMILES string of the molecule is N#CC(C(N)=O)c1cn(Cc2ccccc2)cn1. The van der Waals surface area contributed by atoms with Gasteiger partial charge >= 0.3 is 0 Å². The number of primary amides is 1. The van der Waals surface area contributed by atoms with Gasteiger partial charge in [0, 0.05) is 12.7 Å². The monoisotopic (exact) mass is 240 g/mol. The summed E-state index contributed by atoms with van der Waals surface area (Å²) in [6, 6.07) is 11.7. The van der Waals surface area contributed by atoms with E-state index >= 15 is 0 Å². The molecule has 5 nitrogen and oxygen atoms in total. The Morgan fingerprint density at radius 2 is 2.17 bits per heavy atom. The molecule has 0 fully saturated rings. The van der Waals surface area contributed by atoms with Crippen LogP contribution >= 0.6 is 0 Å². The fourth-order valence-corrected chi connectivity index (χ4v) is 1.68. The first-order chi connectivity index (χ1) is 8.70. The Labute approximate surface area is 104 Å². The number of imidazole rings is 1. The minimum atomic E-state index is -0.984. The van der Waals surface area contributed by atoms with Crippen molar-refractivity contribution >= 4 is 5.91 Å². The van der Waals surface area contributed by atoms with E-state index in [0.717, 1.165) is 5.56 Å². The van der Waals surface area contributed by atoms with Crippen LogP contribution in [0.3, 0.4) is 0 Å². The predicted octanol–water partition coefficient (Wildman–Crippen LogP) is 1.02. The van der Waals surface area contributed by atoms with Gasteiger partial charge in [-0.15, -0.1) is 0 Å². The molecule has 2 rings (SSSR count). The lowest BCUT2D eigenvalue weighted by Crippen LogP contribution is -2.20. The van der Waals surface area contributed by atoms with Crippen molar-refractivity contribution in [1.82, 2.24) is 9.55 Å². The molecule has 1 aromatic heterocycles. The van der Waals surface area contributed by atoms with Crippen LogP contribution in [-0.2, 0) is 11.3 Å². The van der Waals surface area contributed by atoms with Crippen LogP contribution in [0.1, 0.15) is 17.2 Å². The van der Waals surface area contributed by atoms with Crippen LogP contribution in [0.25, 0.3) is 0 Å². The fraction of sp³-hybridized carbons (Fsp3) is 0.154. The third-order valence-electron chi connectivity index (χ3n) is 2.57. The van der Waals surface area contributed by atoms with Gasteiger partial charge in [-0.2, -0.15) is 5.26 Å². The standard InChI is InChI=1S/C13H12N4O/c14-6-11(13(15)18)12-8-17(9-16-12)7-10-4-2-1-3-5-10/h1-5,8-9,11H,7H2,(H2,15,18). The zero-order valence-electron chi connectivity index (χ0n) is 9.65. The molecule has 1 heterocycles. The molecule has 0 saturated heterocycles. The fourth-order valence-electron chi connectivity index (χ4n) is 1.68. The molecule has 0 radical (unpaired) electrons. The van der Waals surface area contributed by atoms with E-state index in [1.54, 1.807) is 12.5 Å². The summed E-state index contributed by atoms with van der Waals surface area (Å²) >= 11 is 0. The molecular weight excluding hydrogens is 228 g/mol. The van der Waals surface area contributed by atoms with Crippen molar-refractivity contribution in [3.05, 3.63) is 54.1 Å². The lowest BCUT2D eigenvalue weighted by molar-refractivity contribution is -0.118. The third kappa shape index (κ3) is 2.55. The minimum absolute atomic E-state index is 0.390. The van der Waals surface area contributed by atoms with Crippen molar-refractivity contribution in [2.24, 2.45) is 5.73 Å². The Bertz CT molecular complexity index is 583. The summed E-state index contributed by atoms with van der Waals surface area (Å²) in [5, 5.41) is 8.85. The highest BCUT2D eigenvalue weighted by molar-refractivity contribution is 5.84. The van der Waals surface area contributed by atoms with Crippen LogP contribution < -0.4 is 5.73 Å². The van der Waals surface area contributed by atoms with E-state index in [1.807, 2.05) is 41.0 Å². The summed E-state index contributed by atoms with van der Waals surface area (Å²) < 4.78 is 1.82. The van der Waals surface area contributed by atoms with E-state index in [-0.39, 0.29) is 0 Å². The first-order valence-electron chi connectivity index (χ1n) is 5.45. The van der Waals surface area contributed by atoms with Crippen molar-refractivity contribution < 1.29 is 4.79 Å². The first kappa shape index (κ1) is 11.9. The Kier molecular flexibility index (Phi) is 3.39. The molecule has 0 aliphatic rings. The van der Waals surface area contributed by atoms with Gasteiger partial charge in [-0.25, -0.2) is 4.98 Å². The number of aromatic nitrogens is 2. The Morgan fingerprint density at radius 3 is 2.78 bits per heavy atom. The molecule has 0 aliphatic heterocycles. The van der Waals surface area contributed by atoms with Gasteiger partial charge in [-0.05, 0) is 5.56 Å². The predicted molar refractivity (Wildman–Crippen MR) is 65.3 cm³/mol. The van der Waals surface area contributed by atoms with E-state index in [1.165, 1.54) is 0 Å². The molecule has 2 N–H and O–H groups in total. The van der Waals surface area contributed by atoms with Gasteiger partial charge < -0.3 is 10.3 Å². The molecule has 1 atom stereocenters. The van der Waals surface area contributed by atoms with Crippen molar-refractivity contribution in [3.8, 4) is 6.07 Å². The van der Waals surface area contributed by atoms with Gasteiger partial charge in [0.05, 0.1) is 18.1 Å². The second-order valence-electron chi connectivity index (χ2n) is 3.92. The molecule has 0 spiro atoms. The average Bonchev–Trinajstić information content (AvgIpc) is 2.79. The summed E-state index contributed by atoms with van der Waals surface area (Å²) in [4.78, 5) is 15.1. The number of carbonyl (C=O) groups excluding carboxylic acids is 1. The van der Waals surface area contributed by atoms with Crippen LogP contribution in [0.2, 0.25) is 0 Å². The lowest BCUT2D eigenvalue weighted by atomic mass is 10.1. The zero-order chi connectivity index (χ0) is 13.0. The number of hydrogen-bond donors (Lipinski definition) is 1. The van der Waals surface area contributed by atoms with Crippen LogP contribution in [0.15, 0.2) is 42.9 Å². The third-order valence-corrected chi connectivity index (χ3v) is 2.57. The van der Waals surface area contributed by atoms with Crippen molar-refractivity contribution in [1.29, 1.82) is 5.26 Å². The summed E-state index contributed by atoms with van der Waals surface area (Å²) in [5.41, 5.74) is 6.64.